The lowest BCUT2D eigenvalue weighted by Crippen LogP contribution is -2.35. The van der Waals surface area contributed by atoms with E-state index >= 15 is 0 Å². The van der Waals surface area contributed by atoms with Crippen LogP contribution in [0, 0.1) is 6.92 Å². The smallest absolute Gasteiger partial charge is 0.258 e. The molecule has 1 atom stereocenters. The summed E-state index contributed by atoms with van der Waals surface area (Å²) < 4.78 is 37.7. The molecular weight excluding hydrogens is 344 g/mol. The second kappa shape index (κ2) is 9.17. The van der Waals surface area contributed by atoms with Gasteiger partial charge in [-0.25, -0.2) is 13.1 Å². The molecule has 1 heterocycles. The minimum Gasteiger partial charge on any atom is -0.484 e. The van der Waals surface area contributed by atoms with Crippen molar-refractivity contribution in [2.75, 3.05) is 26.3 Å². The summed E-state index contributed by atoms with van der Waals surface area (Å²) in [6.07, 6.45) is 2.80. The lowest BCUT2D eigenvalue weighted by Gasteiger charge is -2.13. The Morgan fingerprint density at radius 1 is 1.40 bits per heavy atom. The minimum atomic E-state index is -3.51. The van der Waals surface area contributed by atoms with Crippen LogP contribution in [0.15, 0.2) is 23.1 Å². The first-order valence-electron chi connectivity index (χ1n) is 8.54. The molecule has 1 aromatic carbocycles. The van der Waals surface area contributed by atoms with Crippen molar-refractivity contribution in [3.8, 4) is 5.75 Å². The molecule has 0 aliphatic carbocycles. The lowest BCUT2D eigenvalue weighted by molar-refractivity contribution is -0.123. The molecule has 1 aliphatic heterocycles. The topological polar surface area (TPSA) is 93.7 Å². The first-order chi connectivity index (χ1) is 11.9. The largest absolute Gasteiger partial charge is 0.484 e. The number of amides is 1. The molecule has 140 valence electrons. The Kier molecular flexibility index (Phi) is 7.22. The zero-order chi connectivity index (χ0) is 18.3. The van der Waals surface area contributed by atoms with Crippen molar-refractivity contribution in [2.24, 2.45) is 0 Å². The van der Waals surface area contributed by atoms with E-state index in [0.29, 0.717) is 24.4 Å². The summed E-state index contributed by atoms with van der Waals surface area (Å²) >= 11 is 0. The van der Waals surface area contributed by atoms with E-state index in [0.717, 1.165) is 25.9 Å². The van der Waals surface area contributed by atoms with Gasteiger partial charge in [0.05, 0.1) is 11.0 Å². The van der Waals surface area contributed by atoms with Gasteiger partial charge in [-0.1, -0.05) is 6.92 Å². The number of benzene rings is 1. The van der Waals surface area contributed by atoms with Crippen molar-refractivity contribution >= 4 is 15.9 Å². The molecule has 0 aromatic heterocycles. The van der Waals surface area contributed by atoms with Gasteiger partial charge in [-0.15, -0.1) is 0 Å². The van der Waals surface area contributed by atoms with Crippen LogP contribution in [0.25, 0.3) is 0 Å². The second-order valence-electron chi connectivity index (χ2n) is 6.05. The highest BCUT2D eigenvalue weighted by Crippen LogP contribution is 2.21. The number of rotatable bonds is 9. The standard InChI is InChI=1S/C17H26N2O5S/c1-3-8-19-25(21,22)15-6-7-16(13(2)10-15)24-12-17(20)18-11-14-5-4-9-23-14/h6-7,10,14,19H,3-5,8-9,11-12H2,1-2H3,(H,18,20)/t14-/m1/s1. The monoisotopic (exact) mass is 370 g/mol. The van der Waals surface area contributed by atoms with Gasteiger partial charge in [0.15, 0.2) is 6.61 Å². The van der Waals surface area contributed by atoms with Gasteiger partial charge in [0.2, 0.25) is 10.0 Å². The molecule has 8 heteroatoms. The van der Waals surface area contributed by atoms with Crippen LogP contribution in [-0.4, -0.2) is 46.7 Å². The maximum Gasteiger partial charge on any atom is 0.258 e. The summed E-state index contributed by atoms with van der Waals surface area (Å²) in [6, 6.07) is 4.59. The Labute approximate surface area is 149 Å². The van der Waals surface area contributed by atoms with Gasteiger partial charge < -0.3 is 14.8 Å². The first kappa shape index (κ1) is 19.7. The Morgan fingerprint density at radius 3 is 2.84 bits per heavy atom. The Morgan fingerprint density at radius 2 is 2.20 bits per heavy atom. The van der Waals surface area contributed by atoms with E-state index in [2.05, 4.69) is 10.0 Å². The van der Waals surface area contributed by atoms with Crippen LogP contribution in [-0.2, 0) is 19.6 Å². The average molecular weight is 370 g/mol. The Hall–Kier alpha value is -1.64. The van der Waals surface area contributed by atoms with Gasteiger partial charge in [-0.05, 0) is 49.9 Å². The van der Waals surface area contributed by atoms with Crippen LogP contribution in [0.1, 0.15) is 31.7 Å². The number of hydrogen-bond donors (Lipinski definition) is 2. The van der Waals surface area contributed by atoms with Crippen LogP contribution in [0.3, 0.4) is 0 Å². The Bertz CT molecular complexity index is 684. The van der Waals surface area contributed by atoms with Crippen molar-refractivity contribution in [1.29, 1.82) is 0 Å². The van der Waals surface area contributed by atoms with Crippen LogP contribution in [0.2, 0.25) is 0 Å². The number of nitrogens with one attached hydrogen (secondary N) is 2. The zero-order valence-electron chi connectivity index (χ0n) is 14.7. The second-order valence-corrected chi connectivity index (χ2v) is 7.82. The summed E-state index contributed by atoms with van der Waals surface area (Å²) in [5.74, 6) is 0.262. The fraction of sp³-hybridized carbons (Fsp3) is 0.588. The van der Waals surface area contributed by atoms with Gasteiger partial charge in [0, 0.05) is 19.7 Å². The first-order valence-corrected chi connectivity index (χ1v) is 10.0. The maximum absolute atomic E-state index is 12.1. The van der Waals surface area contributed by atoms with E-state index < -0.39 is 10.0 Å². The van der Waals surface area contributed by atoms with Crippen molar-refractivity contribution in [3.05, 3.63) is 23.8 Å². The highest BCUT2D eigenvalue weighted by molar-refractivity contribution is 7.89. The highest BCUT2D eigenvalue weighted by atomic mass is 32.2. The number of ether oxygens (including phenoxy) is 2. The van der Waals surface area contributed by atoms with E-state index in [9.17, 15) is 13.2 Å². The molecule has 1 amide bonds. The van der Waals surface area contributed by atoms with E-state index in [4.69, 9.17) is 9.47 Å². The fourth-order valence-corrected chi connectivity index (χ4v) is 3.72. The molecule has 2 rings (SSSR count). The van der Waals surface area contributed by atoms with E-state index in [1.165, 1.54) is 12.1 Å². The summed E-state index contributed by atoms with van der Waals surface area (Å²) in [4.78, 5) is 12.0. The summed E-state index contributed by atoms with van der Waals surface area (Å²) in [7, 11) is -3.51. The van der Waals surface area contributed by atoms with Gasteiger partial charge in [-0.3, -0.25) is 4.79 Å². The molecule has 1 aromatic rings. The third kappa shape index (κ3) is 5.98. The molecule has 1 saturated heterocycles. The van der Waals surface area contributed by atoms with E-state index in [1.807, 2.05) is 6.92 Å². The summed E-state index contributed by atoms with van der Waals surface area (Å²) in [5, 5.41) is 2.78. The number of carbonyl (C=O) groups excluding carboxylic acids is 1. The predicted octanol–water partition coefficient (Wildman–Crippen LogP) is 1.36. The van der Waals surface area contributed by atoms with Crippen LogP contribution < -0.4 is 14.8 Å². The molecule has 7 nitrogen and oxygen atoms in total. The van der Waals surface area contributed by atoms with Gasteiger partial charge in [0.25, 0.3) is 5.91 Å². The molecule has 0 saturated carbocycles. The molecule has 0 bridgehead atoms. The van der Waals surface area contributed by atoms with Crippen molar-refractivity contribution in [1.82, 2.24) is 10.0 Å². The van der Waals surface area contributed by atoms with Crippen molar-refractivity contribution in [2.45, 2.75) is 44.1 Å². The number of carbonyl (C=O) groups is 1. The highest BCUT2D eigenvalue weighted by Gasteiger charge is 2.17. The molecule has 2 N–H and O–H groups in total. The summed E-state index contributed by atoms with van der Waals surface area (Å²) in [6.45, 7) is 5.16. The lowest BCUT2D eigenvalue weighted by atomic mass is 10.2. The number of aryl methyl sites for hydroxylation is 1. The minimum absolute atomic E-state index is 0.0887. The van der Waals surface area contributed by atoms with Gasteiger partial charge >= 0.3 is 0 Å². The third-order valence-corrected chi connectivity index (χ3v) is 5.37. The van der Waals surface area contributed by atoms with Crippen molar-refractivity contribution in [3.63, 3.8) is 0 Å². The van der Waals surface area contributed by atoms with Crippen LogP contribution in [0.5, 0.6) is 5.75 Å². The molecule has 0 radical (unpaired) electrons. The summed E-state index contributed by atoms with van der Waals surface area (Å²) in [5.41, 5.74) is 0.659. The molecule has 25 heavy (non-hydrogen) atoms. The van der Waals surface area contributed by atoms with Gasteiger partial charge in [0.1, 0.15) is 5.75 Å². The van der Waals surface area contributed by atoms with Gasteiger partial charge in [-0.2, -0.15) is 0 Å². The quantitative estimate of drug-likeness (QED) is 0.684. The maximum atomic E-state index is 12.1. The van der Waals surface area contributed by atoms with E-state index in [-0.39, 0.29) is 23.5 Å². The predicted molar refractivity (Wildman–Crippen MR) is 94.1 cm³/mol. The SMILES string of the molecule is CCCNS(=O)(=O)c1ccc(OCC(=O)NC[C@H]2CCCO2)c(C)c1. The van der Waals surface area contributed by atoms with Crippen LogP contribution in [0.4, 0.5) is 0 Å². The zero-order valence-corrected chi connectivity index (χ0v) is 15.5. The molecule has 1 fully saturated rings. The molecule has 0 spiro atoms. The number of sulfonamides is 1. The number of hydrogen-bond acceptors (Lipinski definition) is 5. The normalized spacial score (nSPS) is 17.4. The molecule has 0 unspecified atom stereocenters. The molecule has 1 aliphatic rings. The van der Waals surface area contributed by atoms with Crippen molar-refractivity contribution < 1.29 is 22.7 Å². The fourth-order valence-electron chi connectivity index (χ4n) is 2.50. The molecular formula is C17H26N2O5S. The van der Waals surface area contributed by atoms with E-state index in [1.54, 1.807) is 13.0 Å². The third-order valence-electron chi connectivity index (χ3n) is 3.91. The van der Waals surface area contributed by atoms with Crippen LogP contribution >= 0.6 is 0 Å². The Balaban J connectivity index is 1.86. The average Bonchev–Trinajstić information content (AvgIpc) is 3.10.